The summed E-state index contributed by atoms with van der Waals surface area (Å²) in [7, 11) is 1.76. The summed E-state index contributed by atoms with van der Waals surface area (Å²) in [5, 5.41) is 3.48. The van der Waals surface area contributed by atoms with E-state index in [1.165, 1.54) is 6.42 Å². The summed E-state index contributed by atoms with van der Waals surface area (Å²) in [6, 6.07) is 0.456. The van der Waals surface area contributed by atoms with Crippen molar-refractivity contribution in [3.8, 4) is 0 Å². The van der Waals surface area contributed by atoms with E-state index in [4.69, 9.17) is 9.47 Å². The largest absolute Gasteiger partial charge is 0.383 e. The van der Waals surface area contributed by atoms with Crippen molar-refractivity contribution in [1.29, 1.82) is 0 Å². The van der Waals surface area contributed by atoms with Gasteiger partial charge < -0.3 is 14.8 Å². The molecule has 1 aliphatic rings. The number of nitrogens with one attached hydrogen (secondary N) is 1. The Bertz CT molecular complexity index is 146. The zero-order valence-corrected chi connectivity index (χ0v) is 9.58. The minimum Gasteiger partial charge on any atom is -0.383 e. The number of rotatable bonds is 6. The Kier molecular flexibility index (Phi) is 5.45. The lowest BCUT2D eigenvalue weighted by molar-refractivity contribution is 0.0607. The topological polar surface area (TPSA) is 30.5 Å². The highest BCUT2D eigenvalue weighted by atomic mass is 16.5. The molecule has 0 radical (unpaired) electrons. The quantitative estimate of drug-likeness (QED) is 0.705. The molecule has 14 heavy (non-hydrogen) atoms. The average molecular weight is 201 g/mol. The van der Waals surface area contributed by atoms with Crippen LogP contribution in [0.2, 0.25) is 0 Å². The van der Waals surface area contributed by atoms with Crippen LogP contribution in [0.25, 0.3) is 0 Å². The molecule has 3 heteroatoms. The number of hydrogen-bond acceptors (Lipinski definition) is 3. The van der Waals surface area contributed by atoms with Gasteiger partial charge >= 0.3 is 0 Å². The maximum absolute atomic E-state index is 5.69. The van der Waals surface area contributed by atoms with Gasteiger partial charge in [0, 0.05) is 25.7 Å². The van der Waals surface area contributed by atoms with E-state index in [2.05, 4.69) is 19.2 Å². The second kappa shape index (κ2) is 6.38. The van der Waals surface area contributed by atoms with Crippen molar-refractivity contribution >= 4 is 0 Å². The van der Waals surface area contributed by atoms with E-state index in [0.29, 0.717) is 18.1 Å². The lowest BCUT2D eigenvalue weighted by Gasteiger charge is -2.27. The molecule has 0 amide bonds. The summed E-state index contributed by atoms with van der Waals surface area (Å²) in [6.07, 6.45) is 2.70. The van der Waals surface area contributed by atoms with Gasteiger partial charge in [-0.3, -0.25) is 0 Å². The first-order chi connectivity index (χ1) is 6.83. The van der Waals surface area contributed by atoms with Crippen LogP contribution in [0.1, 0.15) is 26.7 Å². The fourth-order valence-electron chi connectivity index (χ4n) is 2.32. The Hall–Kier alpha value is -0.120. The fourth-order valence-corrected chi connectivity index (χ4v) is 2.32. The van der Waals surface area contributed by atoms with Crippen LogP contribution < -0.4 is 5.32 Å². The SMILES string of the molecule is CCNC(COC)C1CCOC1CC. The van der Waals surface area contributed by atoms with Crippen LogP contribution in [0.3, 0.4) is 0 Å². The second-order valence-electron chi connectivity index (χ2n) is 3.89. The van der Waals surface area contributed by atoms with E-state index in [9.17, 15) is 0 Å². The Morgan fingerprint density at radius 3 is 2.86 bits per heavy atom. The number of ether oxygens (including phenoxy) is 2. The van der Waals surface area contributed by atoms with Crippen molar-refractivity contribution < 1.29 is 9.47 Å². The molecule has 3 unspecified atom stereocenters. The van der Waals surface area contributed by atoms with Gasteiger partial charge in [-0.1, -0.05) is 13.8 Å². The predicted molar refractivity (Wildman–Crippen MR) is 57.5 cm³/mol. The Labute approximate surface area is 87.2 Å². The standard InChI is InChI=1S/C11H23NO2/c1-4-11-9(6-7-14-11)10(8-13-3)12-5-2/h9-12H,4-8H2,1-3H3. The maximum Gasteiger partial charge on any atom is 0.0619 e. The molecule has 0 aromatic heterocycles. The van der Waals surface area contributed by atoms with Crippen LogP contribution in [-0.2, 0) is 9.47 Å². The van der Waals surface area contributed by atoms with Crippen LogP contribution in [0.4, 0.5) is 0 Å². The summed E-state index contributed by atoms with van der Waals surface area (Å²) >= 11 is 0. The molecule has 0 saturated carbocycles. The van der Waals surface area contributed by atoms with Gasteiger partial charge in [0.15, 0.2) is 0 Å². The van der Waals surface area contributed by atoms with Crippen molar-refractivity contribution in [2.75, 3.05) is 26.9 Å². The molecule has 1 saturated heterocycles. The molecule has 1 N–H and O–H groups in total. The molecule has 0 aromatic carbocycles. The van der Waals surface area contributed by atoms with Crippen molar-refractivity contribution in [3.63, 3.8) is 0 Å². The van der Waals surface area contributed by atoms with E-state index in [-0.39, 0.29) is 0 Å². The van der Waals surface area contributed by atoms with Crippen LogP contribution in [-0.4, -0.2) is 39.0 Å². The maximum atomic E-state index is 5.69. The van der Waals surface area contributed by atoms with Crippen LogP contribution in [0.5, 0.6) is 0 Å². The Morgan fingerprint density at radius 1 is 1.50 bits per heavy atom. The third-order valence-corrected chi connectivity index (χ3v) is 2.99. The molecule has 0 aliphatic carbocycles. The molecular weight excluding hydrogens is 178 g/mol. The minimum atomic E-state index is 0.425. The predicted octanol–water partition coefficient (Wildman–Crippen LogP) is 1.43. The molecule has 0 spiro atoms. The summed E-state index contributed by atoms with van der Waals surface area (Å²) in [5.74, 6) is 0.625. The van der Waals surface area contributed by atoms with Crippen LogP contribution in [0, 0.1) is 5.92 Å². The highest BCUT2D eigenvalue weighted by Crippen LogP contribution is 2.26. The molecule has 1 rings (SSSR count). The highest BCUT2D eigenvalue weighted by Gasteiger charge is 2.32. The molecule has 3 atom stereocenters. The van der Waals surface area contributed by atoms with Gasteiger partial charge in [0.2, 0.25) is 0 Å². The Morgan fingerprint density at radius 2 is 2.29 bits per heavy atom. The highest BCUT2D eigenvalue weighted by molar-refractivity contribution is 4.85. The van der Waals surface area contributed by atoms with Crippen molar-refractivity contribution in [2.24, 2.45) is 5.92 Å². The number of likely N-dealkylation sites (N-methyl/N-ethyl adjacent to an activating group) is 1. The van der Waals surface area contributed by atoms with E-state index in [0.717, 1.165) is 26.2 Å². The van der Waals surface area contributed by atoms with E-state index in [1.807, 2.05) is 0 Å². The zero-order valence-electron chi connectivity index (χ0n) is 9.58. The van der Waals surface area contributed by atoms with Gasteiger partial charge in [0.1, 0.15) is 0 Å². The van der Waals surface area contributed by atoms with Crippen molar-refractivity contribution in [1.82, 2.24) is 5.32 Å². The molecule has 1 aliphatic heterocycles. The minimum absolute atomic E-state index is 0.425. The van der Waals surface area contributed by atoms with Crippen LogP contribution >= 0.6 is 0 Å². The number of hydrogen-bond donors (Lipinski definition) is 1. The summed E-state index contributed by atoms with van der Waals surface area (Å²) in [6.45, 7) is 7.03. The normalized spacial score (nSPS) is 29.4. The van der Waals surface area contributed by atoms with Gasteiger partial charge in [0.05, 0.1) is 12.7 Å². The lowest BCUT2D eigenvalue weighted by atomic mass is 9.91. The molecule has 84 valence electrons. The smallest absolute Gasteiger partial charge is 0.0619 e. The monoisotopic (exact) mass is 201 g/mol. The number of methoxy groups -OCH3 is 1. The Balaban J connectivity index is 2.47. The van der Waals surface area contributed by atoms with Crippen LogP contribution in [0.15, 0.2) is 0 Å². The van der Waals surface area contributed by atoms with Crippen molar-refractivity contribution in [3.05, 3.63) is 0 Å². The molecule has 1 heterocycles. The summed E-state index contributed by atoms with van der Waals surface area (Å²) < 4.78 is 10.9. The second-order valence-corrected chi connectivity index (χ2v) is 3.89. The van der Waals surface area contributed by atoms with Gasteiger partial charge in [-0.15, -0.1) is 0 Å². The average Bonchev–Trinajstić information content (AvgIpc) is 2.65. The van der Waals surface area contributed by atoms with Gasteiger partial charge in [0.25, 0.3) is 0 Å². The van der Waals surface area contributed by atoms with E-state index < -0.39 is 0 Å². The van der Waals surface area contributed by atoms with Gasteiger partial charge in [-0.05, 0) is 19.4 Å². The third-order valence-electron chi connectivity index (χ3n) is 2.99. The molecule has 0 bridgehead atoms. The molecular formula is C11H23NO2. The first-order valence-corrected chi connectivity index (χ1v) is 5.67. The van der Waals surface area contributed by atoms with E-state index >= 15 is 0 Å². The third kappa shape index (κ3) is 2.94. The molecule has 0 aromatic rings. The van der Waals surface area contributed by atoms with Crippen molar-refractivity contribution in [2.45, 2.75) is 38.8 Å². The summed E-state index contributed by atoms with van der Waals surface area (Å²) in [4.78, 5) is 0. The lowest BCUT2D eigenvalue weighted by Crippen LogP contribution is -2.42. The van der Waals surface area contributed by atoms with Gasteiger partial charge in [-0.25, -0.2) is 0 Å². The van der Waals surface area contributed by atoms with Gasteiger partial charge in [-0.2, -0.15) is 0 Å². The summed E-state index contributed by atoms with van der Waals surface area (Å²) in [5.41, 5.74) is 0. The first kappa shape index (κ1) is 12.0. The zero-order chi connectivity index (χ0) is 10.4. The fraction of sp³-hybridized carbons (Fsp3) is 1.00. The first-order valence-electron chi connectivity index (χ1n) is 5.67. The van der Waals surface area contributed by atoms with E-state index in [1.54, 1.807) is 7.11 Å². The molecule has 1 fully saturated rings. The molecule has 3 nitrogen and oxygen atoms in total.